The van der Waals surface area contributed by atoms with Crippen LogP contribution in [0.15, 0.2) is 96.2 Å². The number of ether oxygens (including phenoxy) is 3. The Hall–Kier alpha value is -3.08. The van der Waals surface area contributed by atoms with Crippen LogP contribution in [-0.2, 0) is 53.2 Å². The number of hydrogen-bond donors (Lipinski definition) is 0. The summed E-state index contributed by atoms with van der Waals surface area (Å²) in [6, 6.07) is 28.8. The molecule has 3 unspecified atom stereocenters. The lowest BCUT2D eigenvalue weighted by molar-refractivity contribution is -0.141. The number of oxime groups is 1. The van der Waals surface area contributed by atoms with Crippen LogP contribution in [0.25, 0.3) is 0 Å². The molecule has 3 aromatic rings. The van der Waals surface area contributed by atoms with Crippen LogP contribution in [0.3, 0.4) is 0 Å². The summed E-state index contributed by atoms with van der Waals surface area (Å²) in [5, 5.41) is 3.93. The van der Waals surface area contributed by atoms with E-state index in [-0.39, 0.29) is 26.4 Å². The summed E-state index contributed by atoms with van der Waals surface area (Å²) in [6.07, 6.45) is 0.137. The highest BCUT2D eigenvalue weighted by Gasteiger charge is 2.33. The Balaban J connectivity index is 1.88. The first kappa shape index (κ1) is 28.5. The molecule has 3 aromatic carbocycles. The Kier molecular flexibility index (Phi) is 11.7. The van der Waals surface area contributed by atoms with E-state index in [0.717, 1.165) is 22.9 Å². The fourth-order valence-corrected chi connectivity index (χ4v) is 3.88. The van der Waals surface area contributed by atoms with Crippen LogP contribution in [0.2, 0.25) is 0 Å². The number of nitrogens with zero attached hydrogens (tertiary/aromatic N) is 1. The molecule has 3 rings (SSSR count). The minimum atomic E-state index is -3.74. The molecule has 9 heteroatoms. The molecule has 0 amide bonds. The van der Waals surface area contributed by atoms with E-state index >= 15 is 0 Å². The molecule has 37 heavy (non-hydrogen) atoms. The van der Waals surface area contributed by atoms with Crippen molar-refractivity contribution in [1.29, 1.82) is 0 Å². The van der Waals surface area contributed by atoms with Crippen LogP contribution in [-0.4, -0.2) is 52.9 Å². The van der Waals surface area contributed by atoms with E-state index in [1.54, 1.807) is 0 Å². The van der Waals surface area contributed by atoms with Crippen LogP contribution >= 0.6 is 0 Å². The topological polar surface area (TPSA) is 92.6 Å². The Bertz CT molecular complexity index is 1160. The maximum atomic E-state index is 11.9. The molecule has 198 valence electrons. The summed E-state index contributed by atoms with van der Waals surface area (Å²) < 4.78 is 47.6. The van der Waals surface area contributed by atoms with E-state index in [1.165, 1.54) is 13.3 Å². The second-order valence-electron chi connectivity index (χ2n) is 8.28. The average Bonchev–Trinajstić information content (AvgIpc) is 2.91. The normalized spacial score (nSPS) is 14.3. The van der Waals surface area contributed by atoms with Gasteiger partial charge in [0.2, 0.25) is 0 Å². The lowest BCUT2D eigenvalue weighted by atomic mass is 10.1. The first-order valence-corrected chi connectivity index (χ1v) is 13.6. The maximum absolute atomic E-state index is 11.9. The predicted molar refractivity (Wildman–Crippen MR) is 141 cm³/mol. The summed E-state index contributed by atoms with van der Waals surface area (Å²) >= 11 is 0. The third-order valence-electron chi connectivity index (χ3n) is 5.33. The van der Waals surface area contributed by atoms with Crippen molar-refractivity contribution in [3.63, 3.8) is 0 Å². The molecule has 0 fully saturated rings. The van der Waals surface area contributed by atoms with Crippen molar-refractivity contribution in [2.24, 2.45) is 5.16 Å². The molecule has 0 aliphatic carbocycles. The minimum absolute atomic E-state index is 0.219. The summed E-state index contributed by atoms with van der Waals surface area (Å²) in [5.41, 5.74) is 2.80. The van der Waals surface area contributed by atoms with Crippen molar-refractivity contribution in [2.75, 3.05) is 20.0 Å². The Morgan fingerprint density at radius 3 is 1.65 bits per heavy atom. The van der Waals surface area contributed by atoms with Gasteiger partial charge in [0.15, 0.2) is 0 Å². The average molecular weight is 528 g/mol. The number of hydrogen-bond acceptors (Lipinski definition) is 8. The van der Waals surface area contributed by atoms with E-state index in [2.05, 4.69) is 5.16 Å². The van der Waals surface area contributed by atoms with Crippen LogP contribution < -0.4 is 0 Å². The van der Waals surface area contributed by atoms with Crippen LogP contribution in [0.5, 0.6) is 0 Å². The Labute approximate surface area is 218 Å². The molecule has 0 heterocycles. The van der Waals surface area contributed by atoms with E-state index in [0.29, 0.717) is 0 Å². The predicted octanol–water partition coefficient (Wildman–Crippen LogP) is 4.35. The zero-order valence-electron chi connectivity index (χ0n) is 21.0. The van der Waals surface area contributed by atoms with E-state index in [4.69, 9.17) is 23.2 Å². The lowest BCUT2D eigenvalue weighted by Crippen LogP contribution is -2.46. The first-order chi connectivity index (χ1) is 17.9. The zero-order valence-corrected chi connectivity index (χ0v) is 21.8. The Morgan fingerprint density at radius 1 is 0.730 bits per heavy atom. The molecule has 0 saturated heterocycles. The minimum Gasteiger partial charge on any atom is -0.399 e. The van der Waals surface area contributed by atoms with Gasteiger partial charge in [-0.3, -0.25) is 4.18 Å². The molecule has 3 atom stereocenters. The summed E-state index contributed by atoms with van der Waals surface area (Å²) in [6.45, 7) is 0.459. The van der Waals surface area contributed by atoms with E-state index in [9.17, 15) is 8.42 Å². The van der Waals surface area contributed by atoms with E-state index in [1.807, 2.05) is 91.0 Å². The highest BCUT2D eigenvalue weighted by atomic mass is 32.2. The SMILES string of the molecule is CO/N=C/C(OCc1ccccc1)C(OCc1ccccc1)C(COS(C)(=O)=O)OCc1ccccc1. The molecule has 0 spiro atoms. The fourth-order valence-electron chi connectivity index (χ4n) is 3.50. The molecule has 0 bridgehead atoms. The molecule has 0 aliphatic rings. The summed E-state index contributed by atoms with van der Waals surface area (Å²) in [4.78, 5) is 4.93. The second-order valence-corrected chi connectivity index (χ2v) is 9.93. The van der Waals surface area contributed by atoms with Crippen molar-refractivity contribution < 1.29 is 31.6 Å². The maximum Gasteiger partial charge on any atom is 0.264 e. The summed E-state index contributed by atoms with van der Waals surface area (Å²) in [7, 11) is -2.30. The molecule has 0 radical (unpaired) electrons. The zero-order chi connectivity index (χ0) is 26.3. The molecule has 0 aliphatic heterocycles. The standard InChI is InChI=1S/C28H33NO7S/c1-32-29-18-26(33-19-23-12-6-3-7-13-23)28(35-21-25-16-10-5-11-17-25)27(22-36-37(2,30)31)34-20-24-14-8-4-9-15-24/h3-18,26-28H,19-22H2,1-2H3/b29-18+. The van der Waals surface area contributed by atoms with Crippen LogP contribution in [0, 0.1) is 0 Å². The third kappa shape index (κ3) is 10.8. The van der Waals surface area contributed by atoms with Gasteiger partial charge in [0, 0.05) is 0 Å². The van der Waals surface area contributed by atoms with Crippen molar-refractivity contribution in [3.8, 4) is 0 Å². The van der Waals surface area contributed by atoms with Crippen LogP contribution in [0.4, 0.5) is 0 Å². The number of benzene rings is 3. The second kappa shape index (κ2) is 15.2. The van der Waals surface area contributed by atoms with Gasteiger partial charge < -0.3 is 19.0 Å². The molecule has 0 saturated carbocycles. The van der Waals surface area contributed by atoms with Crippen molar-refractivity contribution in [3.05, 3.63) is 108 Å². The molecular weight excluding hydrogens is 494 g/mol. The highest BCUT2D eigenvalue weighted by molar-refractivity contribution is 7.85. The van der Waals surface area contributed by atoms with Gasteiger partial charge in [-0.2, -0.15) is 8.42 Å². The molecule has 0 aromatic heterocycles. The highest BCUT2D eigenvalue weighted by Crippen LogP contribution is 2.19. The molecular formula is C28H33NO7S. The Morgan fingerprint density at radius 2 is 1.19 bits per heavy atom. The van der Waals surface area contributed by atoms with Gasteiger partial charge in [0.25, 0.3) is 10.1 Å². The quantitative estimate of drug-likeness (QED) is 0.155. The van der Waals surface area contributed by atoms with Crippen molar-refractivity contribution in [2.45, 2.75) is 38.1 Å². The smallest absolute Gasteiger partial charge is 0.264 e. The van der Waals surface area contributed by atoms with Gasteiger partial charge in [-0.05, 0) is 16.7 Å². The van der Waals surface area contributed by atoms with Gasteiger partial charge in [-0.25, -0.2) is 0 Å². The third-order valence-corrected chi connectivity index (χ3v) is 5.89. The van der Waals surface area contributed by atoms with Gasteiger partial charge in [-0.15, -0.1) is 0 Å². The van der Waals surface area contributed by atoms with Gasteiger partial charge in [-0.1, -0.05) is 96.2 Å². The largest absolute Gasteiger partial charge is 0.399 e. The monoisotopic (exact) mass is 527 g/mol. The van der Waals surface area contributed by atoms with Crippen molar-refractivity contribution >= 4 is 16.3 Å². The molecule has 8 nitrogen and oxygen atoms in total. The first-order valence-electron chi connectivity index (χ1n) is 11.8. The molecule has 0 N–H and O–H groups in total. The van der Waals surface area contributed by atoms with Crippen molar-refractivity contribution in [1.82, 2.24) is 0 Å². The van der Waals surface area contributed by atoms with Gasteiger partial charge in [0.1, 0.15) is 25.4 Å². The lowest BCUT2D eigenvalue weighted by Gasteiger charge is -2.31. The van der Waals surface area contributed by atoms with Gasteiger partial charge >= 0.3 is 0 Å². The van der Waals surface area contributed by atoms with E-state index < -0.39 is 28.4 Å². The number of rotatable bonds is 16. The fraction of sp³-hybridized carbons (Fsp3) is 0.321. The van der Waals surface area contributed by atoms with Crippen LogP contribution in [0.1, 0.15) is 16.7 Å². The van der Waals surface area contributed by atoms with Gasteiger partial charge in [0.05, 0.1) is 38.9 Å². The summed E-state index contributed by atoms with van der Waals surface area (Å²) in [5.74, 6) is 0.